The molecule has 0 bridgehead atoms. The first-order chi connectivity index (χ1) is 11.9. The highest BCUT2D eigenvalue weighted by atomic mass is 16.5. The van der Waals surface area contributed by atoms with E-state index in [9.17, 15) is 14.4 Å². The van der Waals surface area contributed by atoms with Gasteiger partial charge in [-0.25, -0.2) is 9.59 Å². The van der Waals surface area contributed by atoms with Crippen LogP contribution in [0.5, 0.6) is 0 Å². The highest BCUT2D eigenvalue weighted by Crippen LogP contribution is 2.20. The Kier molecular flexibility index (Phi) is 5.89. The molecule has 0 spiro atoms. The van der Waals surface area contributed by atoms with Crippen LogP contribution in [0.15, 0.2) is 48.5 Å². The van der Waals surface area contributed by atoms with Crippen molar-refractivity contribution in [3.05, 3.63) is 70.8 Å². The molecule has 0 radical (unpaired) electrons. The molecule has 6 nitrogen and oxygen atoms in total. The molecule has 0 aromatic heterocycles. The zero-order valence-corrected chi connectivity index (χ0v) is 14.3. The van der Waals surface area contributed by atoms with Crippen LogP contribution in [-0.4, -0.2) is 25.0 Å². The smallest absolute Gasteiger partial charge is 0.339 e. The fourth-order valence-corrected chi connectivity index (χ4v) is 2.18. The van der Waals surface area contributed by atoms with Crippen molar-refractivity contribution < 1.29 is 19.1 Å². The van der Waals surface area contributed by atoms with Crippen molar-refractivity contribution in [3.8, 4) is 0 Å². The van der Waals surface area contributed by atoms with Gasteiger partial charge in [0.1, 0.15) is 0 Å². The van der Waals surface area contributed by atoms with E-state index in [1.54, 1.807) is 42.5 Å². The van der Waals surface area contributed by atoms with Crippen molar-refractivity contribution in [2.75, 3.05) is 7.05 Å². The second kappa shape index (κ2) is 8.10. The molecule has 3 amide bonds. The third-order valence-corrected chi connectivity index (χ3v) is 3.77. The fourth-order valence-electron chi connectivity index (χ4n) is 2.18. The van der Waals surface area contributed by atoms with Crippen LogP contribution in [0.25, 0.3) is 0 Å². The van der Waals surface area contributed by atoms with Crippen LogP contribution in [0.1, 0.15) is 33.2 Å². The number of ether oxygens (including phenoxy) is 1. The van der Waals surface area contributed by atoms with Crippen LogP contribution in [0.3, 0.4) is 0 Å². The second-order valence-electron chi connectivity index (χ2n) is 5.56. The monoisotopic (exact) mass is 340 g/mol. The summed E-state index contributed by atoms with van der Waals surface area (Å²) in [7, 11) is 1.39. The molecule has 0 aliphatic rings. The molecule has 2 aromatic rings. The summed E-state index contributed by atoms with van der Waals surface area (Å²) in [5.74, 6) is -1.35. The molecule has 0 unspecified atom stereocenters. The van der Waals surface area contributed by atoms with Gasteiger partial charge in [0.15, 0.2) is 0 Å². The minimum atomic E-state index is -1.23. The molecular formula is C19H20N2O4. The summed E-state index contributed by atoms with van der Waals surface area (Å²) in [5.41, 5.74) is 2.81. The van der Waals surface area contributed by atoms with Gasteiger partial charge in [-0.2, -0.15) is 0 Å². The number of hydrogen-bond donors (Lipinski definition) is 2. The summed E-state index contributed by atoms with van der Waals surface area (Å²) in [4.78, 5) is 36.2. The third-order valence-electron chi connectivity index (χ3n) is 3.77. The van der Waals surface area contributed by atoms with E-state index in [0.29, 0.717) is 11.1 Å². The Bertz CT molecular complexity index is 787. The lowest BCUT2D eigenvalue weighted by Crippen LogP contribution is -2.41. The van der Waals surface area contributed by atoms with Gasteiger partial charge in [-0.1, -0.05) is 36.4 Å². The lowest BCUT2D eigenvalue weighted by Gasteiger charge is -2.17. The molecule has 25 heavy (non-hydrogen) atoms. The van der Waals surface area contributed by atoms with Crippen LogP contribution in [-0.2, 0) is 9.53 Å². The average Bonchev–Trinajstić information content (AvgIpc) is 2.62. The van der Waals surface area contributed by atoms with Gasteiger partial charge in [0.25, 0.3) is 5.91 Å². The summed E-state index contributed by atoms with van der Waals surface area (Å²) >= 11 is 0. The van der Waals surface area contributed by atoms with E-state index in [1.165, 1.54) is 7.05 Å². The Morgan fingerprint density at radius 1 is 0.960 bits per heavy atom. The molecule has 0 fully saturated rings. The summed E-state index contributed by atoms with van der Waals surface area (Å²) in [6, 6.07) is 13.0. The molecule has 1 atom stereocenters. The Balaban J connectivity index is 2.26. The maximum Gasteiger partial charge on any atom is 0.339 e. The summed E-state index contributed by atoms with van der Waals surface area (Å²) in [6.07, 6.45) is -1.23. The molecule has 2 N–H and O–H groups in total. The third kappa shape index (κ3) is 4.67. The number of carbonyl (C=O) groups excluding carboxylic acids is 3. The van der Waals surface area contributed by atoms with Crippen molar-refractivity contribution in [2.45, 2.75) is 20.0 Å². The number of benzene rings is 2. The van der Waals surface area contributed by atoms with Gasteiger partial charge >= 0.3 is 12.0 Å². The number of hydrogen-bond acceptors (Lipinski definition) is 4. The van der Waals surface area contributed by atoms with Crippen LogP contribution < -0.4 is 10.6 Å². The molecule has 0 saturated carbocycles. The maximum atomic E-state index is 12.4. The van der Waals surface area contributed by atoms with Crippen LogP contribution >= 0.6 is 0 Å². The van der Waals surface area contributed by atoms with Gasteiger partial charge < -0.3 is 10.1 Å². The van der Waals surface area contributed by atoms with E-state index in [2.05, 4.69) is 10.6 Å². The number of rotatable bonds is 4. The number of aryl methyl sites for hydroxylation is 2. The second-order valence-corrected chi connectivity index (χ2v) is 5.56. The summed E-state index contributed by atoms with van der Waals surface area (Å²) in [5, 5.41) is 4.43. The Morgan fingerprint density at radius 2 is 1.64 bits per heavy atom. The number of urea groups is 1. The number of nitrogens with one attached hydrogen (secondary N) is 2. The Hall–Kier alpha value is -3.15. The predicted octanol–water partition coefficient (Wildman–Crippen LogP) is 2.66. The van der Waals surface area contributed by atoms with Crippen LogP contribution in [0, 0.1) is 13.8 Å². The number of carbonyl (C=O) groups is 3. The molecule has 0 saturated heterocycles. The van der Waals surface area contributed by atoms with Gasteiger partial charge in [0.2, 0.25) is 6.10 Å². The van der Waals surface area contributed by atoms with Crippen molar-refractivity contribution in [1.82, 2.24) is 10.6 Å². The van der Waals surface area contributed by atoms with Crippen molar-refractivity contribution in [2.24, 2.45) is 0 Å². The maximum absolute atomic E-state index is 12.4. The molecule has 130 valence electrons. The van der Waals surface area contributed by atoms with E-state index in [4.69, 9.17) is 4.74 Å². The van der Waals surface area contributed by atoms with Crippen LogP contribution in [0.4, 0.5) is 4.79 Å². The molecule has 0 heterocycles. The Labute approximate surface area is 146 Å². The summed E-state index contributed by atoms with van der Waals surface area (Å²) < 4.78 is 5.39. The van der Waals surface area contributed by atoms with E-state index in [1.807, 2.05) is 19.9 Å². The first-order valence-electron chi connectivity index (χ1n) is 7.78. The number of imide groups is 1. The summed E-state index contributed by atoms with van der Waals surface area (Å²) in [6.45, 7) is 3.83. The molecule has 0 aliphatic carbocycles. The first-order valence-corrected chi connectivity index (χ1v) is 7.78. The molecule has 6 heteroatoms. The Morgan fingerprint density at radius 3 is 2.24 bits per heavy atom. The van der Waals surface area contributed by atoms with Crippen molar-refractivity contribution in [3.63, 3.8) is 0 Å². The normalized spacial score (nSPS) is 11.3. The fraction of sp³-hybridized carbons (Fsp3) is 0.211. The lowest BCUT2D eigenvalue weighted by atomic mass is 10.1. The molecule has 2 aromatic carbocycles. The van der Waals surface area contributed by atoms with Crippen LogP contribution in [0.2, 0.25) is 0 Å². The zero-order valence-electron chi connectivity index (χ0n) is 14.3. The number of amides is 3. The van der Waals surface area contributed by atoms with Gasteiger partial charge in [0, 0.05) is 12.6 Å². The van der Waals surface area contributed by atoms with E-state index in [0.717, 1.165) is 11.1 Å². The SMILES string of the molecule is CNC(=O)NC(=O)[C@H](OC(=O)c1ccc(C)c(C)c1)c1ccccc1. The van der Waals surface area contributed by atoms with E-state index in [-0.39, 0.29) is 0 Å². The van der Waals surface area contributed by atoms with Gasteiger partial charge in [0.05, 0.1) is 5.56 Å². The van der Waals surface area contributed by atoms with E-state index >= 15 is 0 Å². The largest absolute Gasteiger partial charge is 0.444 e. The first kappa shape index (κ1) is 18.2. The quantitative estimate of drug-likeness (QED) is 0.838. The zero-order chi connectivity index (χ0) is 18.4. The lowest BCUT2D eigenvalue weighted by molar-refractivity contribution is -0.129. The molecule has 2 rings (SSSR count). The van der Waals surface area contributed by atoms with E-state index < -0.39 is 24.0 Å². The molecular weight excluding hydrogens is 320 g/mol. The van der Waals surface area contributed by atoms with Gasteiger partial charge in [-0.15, -0.1) is 0 Å². The minimum absolute atomic E-state index is 0.344. The minimum Gasteiger partial charge on any atom is -0.444 e. The standard InChI is InChI=1S/C19H20N2O4/c1-12-9-10-15(11-13(12)2)18(23)25-16(14-7-5-4-6-8-14)17(22)21-19(24)20-3/h4-11,16H,1-3H3,(H2,20,21,22,24)/t16-/m1/s1. The average molecular weight is 340 g/mol. The van der Waals surface area contributed by atoms with Crippen molar-refractivity contribution in [1.29, 1.82) is 0 Å². The van der Waals surface area contributed by atoms with Crippen molar-refractivity contribution >= 4 is 17.9 Å². The molecule has 0 aliphatic heterocycles. The predicted molar refractivity (Wildman–Crippen MR) is 93.1 cm³/mol. The highest BCUT2D eigenvalue weighted by Gasteiger charge is 2.27. The topological polar surface area (TPSA) is 84.5 Å². The van der Waals surface area contributed by atoms with Gasteiger partial charge in [-0.05, 0) is 37.1 Å². The van der Waals surface area contributed by atoms with Gasteiger partial charge in [-0.3, -0.25) is 10.1 Å². The number of esters is 1. The highest BCUT2D eigenvalue weighted by molar-refractivity contribution is 5.99.